The Morgan fingerprint density at radius 2 is 1.90 bits per heavy atom. The number of ketones is 1. The molecule has 2 rings (SSSR count). The Balaban J connectivity index is 2.10. The van der Waals surface area contributed by atoms with Crippen molar-refractivity contribution in [3.8, 4) is 0 Å². The molecule has 0 saturated carbocycles. The van der Waals surface area contributed by atoms with Crippen molar-refractivity contribution in [1.29, 1.82) is 0 Å². The van der Waals surface area contributed by atoms with Crippen LogP contribution < -0.4 is 0 Å². The van der Waals surface area contributed by atoms with Crippen molar-refractivity contribution < 1.29 is 18.7 Å². The Morgan fingerprint density at radius 3 is 2.43 bits per heavy atom. The summed E-state index contributed by atoms with van der Waals surface area (Å²) in [5.41, 5.74) is 2.03. The van der Waals surface area contributed by atoms with Crippen molar-refractivity contribution in [3.63, 3.8) is 0 Å². The van der Waals surface area contributed by atoms with Crippen molar-refractivity contribution in [3.05, 3.63) is 34.3 Å². The van der Waals surface area contributed by atoms with Crippen LogP contribution in [0.15, 0.2) is 4.42 Å². The molecule has 0 aromatic carbocycles. The SMILES string of the molecule is CCc1nnc(COC(=O)c2[nH]c(C)c(C(C)=O)c2C)o1. The Labute approximate surface area is 121 Å². The number of hydrogen-bond donors (Lipinski definition) is 1. The number of aryl methyl sites for hydroxylation is 2. The number of H-pyrrole nitrogens is 1. The molecule has 0 amide bonds. The molecule has 0 bridgehead atoms. The van der Waals surface area contributed by atoms with Gasteiger partial charge in [0.15, 0.2) is 12.4 Å². The molecule has 7 heteroatoms. The third kappa shape index (κ3) is 3.01. The van der Waals surface area contributed by atoms with E-state index in [0.717, 1.165) is 0 Å². The van der Waals surface area contributed by atoms with Crippen molar-refractivity contribution in [2.24, 2.45) is 0 Å². The van der Waals surface area contributed by atoms with Gasteiger partial charge in [0.1, 0.15) is 5.69 Å². The molecule has 2 heterocycles. The molecule has 0 fully saturated rings. The molecular formula is C14H17N3O4. The zero-order valence-corrected chi connectivity index (χ0v) is 12.4. The van der Waals surface area contributed by atoms with E-state index < -0.39 is 5.97 Å². The third-order valence-electron chi connectivity index (χ3n) is 3.13. The maximum atomic E-state index is 12.0. The minimum Gasteiger partial charge on any atom is -0.451 e. The Morgan fingerprint density at radius 1 is 1.24 bits per heavy atom. The Kier molecular flexibility index (Phi) is 4.21. The second-order valence-corrected chi connectivity index (χ2v) is 4.70. The van der Waals surface area contributed by atoms with E-state index in [1.165, 1.54) is 6.92 Å². The molecule has 112 valence electrons. The summed E-state index contributed by atoms with van der Waals surface area (Å²) in [6.45, 7) is 6.70. The van der Waals surface area contributed by atoms with Gasteiger partial charge in [-0.2, -0.15) is 0 Å². The highest BCUT2D eigenvalue weighted by Crippen LogP contribution is 2.19. The fourth-order valence-electron chi connectivity index (χ4n) is 2.17. The summed E-state index contributed by atoms with van der Waals surface area (Å²) in [6.07, 6.45) is 0.623. The van der Waals surface area contributed by atoms with Gasteiger partial charge >= 0.3 is 5.97 Å². The number of nitrogens with zero attached hydrogens (tertiary/aromatic N) is 2. The topological polar surface area (TPSA) is 98.1 Å². The molecule has 0 spiro atoms. The van der Waals surface area contributed by atoms with E-state index in [1.54, 1.807) is 13.8 Å². The van der Waals surface area contributed by atoms with Gasteiger partial charge in [-0.3, -0.25) is 4.79 Å². The first-order valence-corrected chi connectivity index (χ1v) is 6.62. The maximum absolute atomic E-state index is 12.0. The van der Waals surface area contributed by atoms with Crippen LogP contribution in [0.25, 0.3) is 0 Å². The highest BCUT2D eigenvalue weighted by molar-refractivity contribution is 6.01. The highest BCUT2D eigenvalue weighted by Gasteiger charge is 2.21. The Bertz CT molecular complexity index is 684. The second-order valence-electron chi connectivity index (χ2n) is 4.70. The largest absolute Gasteiger partial charge is 0.451 e. The number of carbonyl (C=O) groups excluding carboxylic acids is 2. The second kappa shape index (κ2) is 5.90. The number of aromatic amines is 1. The van der Waals surface area contributed by atoms with Crippen LogP contribution in [0.1, 0.15) is 57.7 Å². The molecule has 1 N–H and O–H groups in total. The number of esters is 1. The predicted octanol–water partition coefficient (Wildman–Crippen LogP) is 2.14. The number of carbonyl (C=O) groups is 2. The van der Waals surface area contributed by atoms with Crippen LogP contribution >= 0.6 is 0 Å². The van der Waals surface area contributed by atoms with Gasteiger partial charge in [-0.25, -0.2) is 4.79 Å². The van der Waals surface area contributed by atoms with Gasteiger partial charge < -0.3 is 14.1 Å². The number of hydrogen-bond acceptors (Lipinski definition) is 6. The van der Waals surface area contributed by atoms with Crippen molar-refractivity contribution in [2.75, 3.05) is 0 Å². The minimum atomic E-state index is -0.556. The van der Waals surface area contributed by atoms with E-state index in [-0.39, 0.29) is 24.0 Å². The lowest BCUT2D eigenvalue weighted by Crippen LogP contribution is -2.08. The van der Waals surface area contributed by atoms with Gasteiger partial charge in [-0.1, -0.05) is 6.92 Å². The van der Waals surface area contributed by atoms with E-state index in [0.29, 0.717) is 29.1 Å². The van der Waals surface area contributed by atoms with Gasteiger partial charge in [0.2, 0.25) is 5.89 Å². The first-order valence-electron chi connectivity index (χ1n) is 6.62. The molecule has 0 radical (unpaired) electrons. The standard InChI is InChI=1S/C14H17N3O4/c1-5-10-16-17-11(21-10)6-20-14(19)13-7(2)12(9(4)18)8(3)15-13/h15H,5-6H2,1-4H3. The average molecular weight is 291 g/mol. The summed E-state index contributed by atoms with van der Waals surface area (Å²) in [5, 5.41) is 7.55. The van der Waals surface area contributed by atoms with Crippen molar-refractivity contribution in [2.45, 2.75) is 40.7 Å². The van der Waals surface area contributed by atoms with Gasteiger partial charge in [0.05, 0.1) is 0 Å². The molecule has 7 nitrogen and oxygen atoms in total. The van der Waals surface area contributed by atoms with E-state index in [1.807, 2.05) is 6.92 Å². The molecule has 0 aliphatic heterocycles. The van der Waals surface area contributed by atoms with Crippen LogP contribution in [-0.2, 0) is 17.8 Å². The van der Waals surface area contributed by atoms with Crippen LogP contribution in [0.5, 0.6) is 0 Å². The number of nitrogens with one attached hydrogen (secondary N) is 1. The summed E-state index contributed by atoms with van der Waals surface area (Å²) in [5.74, 6) is 0.0869. The summed E-state index contributed by atoms with van der Waals surface area (Å²) in [6, 6.07) is 0. The van der Waals surface area contributed by atoms with Gasteiger partial charge in [-0.05, 0) is 26.3 Å². The average Bonchev–Trinajstić information content (AvgIpc) is 3.00. The molecule has 0 unspecified atom stereocenters. The smallest absolute Gasteiger partial charge is 0.355 e. The molecule has 2 aromatic rings. The molecule has 0 atom stereocenters. The normalized spacial score (nSPS) is 10.7. The number of rotatable bonds is 5. The summed E-state index contributed by atoms with van der Waals surface area (Å²) in [7, 11) is 0. The van der Waals surface area contributed by atoms with E-state index in [4.69, 9.17) is 9.15 Å². The zero-order valence-electron chi connectivity index (χ0n) is 12.4. The van der Waals surface area contributed by atoms with Crippen LogP contribution in [0, 0.1) is 13.8 Å². The van der Waals surface area contributed by atoms with Crippen LogP contribution in [0.4, 0.5) is 0 Å². The number of Topliss-reactive ketones (excluding diaryl/α,β-unsaturated/α-hetero) is 1. The van der Waals surface area contributed by atoms with E-state index in [9.17, 15) is 9.59 Å². The fourth-order valence-corrected chi connectivity index (χ4v) is 2.17. The fraction of sp³-hybridized carbons (Fsp3) is 0.429. The quantitative estimate of drug-likeness (QED) is 0.669. The molecule has 0 aliphatic rings. The molecule has 2 aromatic heterocycles. The van der Waals surface area contributed by atoms with Gasteiger partial charge in [0.25, 0.3) is 5.89 Å². The molecule has 0 aliphatic carbocycles. The summed E-state index contributed by atoms with van der Waals surface area (Å²) >= 11 is 0. The van der Waals surface area contributed by atoms with Crippen LogP contribution in [-0.4, -0.2) is 26.9 Å². The summed E-state index contributed by atoms with van der Waals surface area (Å²) < 4.78 is 10.4. The Hall–Kier alpha value is -2.44. The van der Waals surface area contributed by atoms with Crippen LogP contribution in [0.3, 0.4) is 0 Å². The first kappa shape index (κ1) is 15.0. The number of ether oxygens (including phenoxy) is 1. The minimum absolute atomic E-state index is 0.0928. The molecule has 0 saturated heterocycles. The van der Waals surface area contributed by atoms with Crippen LogP contribution in [0.2, 0.25) is 0 Å². The van der Waals surface area contributed by atoms with Gasteiger partial charge in [-0.15, -0.1) is 10.2 Å². The molecular weight excluding hydrogens is 274 g/mol. The number of aromatic nitrogens is 3. The van der Waals surface area contributed by atoms with Gasteiger partial charge in [0, 0.05) is 17.7 Å². The van der Waals surface area contributed by atoms with Crippen molar-refractivity contribution in [1.82, 2.24) is 15.2 Å². The van der Waals surface area contributed by atoms with E-state index in [2.05, 4.69) is 15.2 Å². The highest BCUT2D eigenvalue weighted by atomic mass is 16.5. The predicted molar refractivity (Wildman–Crippen MR) is 73.1 cm³/mol. The lowest BCUT2D eigenvalue weighted by molar-refractivity contribution is 0.0429. The lowest BCUT2D eigenvalue weighted by Gasteiger charge is -2.01. The third-order valence-corrected chi connectivity index (χ3v) is 3.13. The molecule has 21 heavy (non-hydrogen) atoms. The lowest BCUT2D eigenvalue weighted by atomic mass is 10.1. The first-order chi connectivity index (χ1) is 9.93. The monoisotopic (exact) mass is 291 g/mol. The maximum Gasteiger partial charge on any atom is 0.355 e. The van der Waals surface area contributed by atoms with E-state index >= 15 is 0 Å². The zero-order chi connectivity index (χ0) is 15.6. The summed E-state index contributed by atoms with van der Waals surface area (Å²) in [4.78, 5) is 26.5. The van der Waals surface area contributed by atoms with Crippen molar-refractivity contribution >= 4 is 11.8 Å².